The Hall–Kier alpha value is -0.670. The molecule has 102 valence electrons. The number of para-hydroxylation sites is 1. The van der Waals surface area contributed by atoms with Crippen LogP contribution in [0.2, 0.25) is 0 Å². The standard InChI is InChI=1S/C15H19ClN2S/c1-11-4-3-5-12-14(11)18(13(17-12)6-9-16)10-15(19-2)7-8-15/h3-5H,6-10H2,1-2H3. The molecule has 2 nitrogen and oxygen atoms in total. The van der Waals surface area contributed by atoms with Crippen LogP contribution < -0.4 is 0 Å². The van der Waals surface area contributed by atoms with E-state index in [4.69, 9.17) is 16.6 Å². The van der Waals surface area contributed by atoms with Crippen LogP contribution in [0.4, 0.5) is 0 Å². The molecule has 0 N–H and O–H groups in total. The molecular formula is C15H19ClN2S. The lowest BCUT2D eigenvalue weighted by Gasteiger charge is -2.16. The smallest absolute Gasteiger partial charge is 0.111 e. The number of hydrogen-bond donors (Lipinski definition) is 0. The van der Waals surface area contributed by atoms with Crippen molar-refractivity contribution in [3.05, 3.63) is 29.6 Å². The van der Waals surface area contributed by atoms with Gasteiger partial charge in [0.1, 0.15) is 5.82 Å². The zero-order chi connectivity index (χ0) is 13.5. The van der Waals surface area contributed by atoms with E-state index in [2.05, 4.69) is 35.9 Å². The Morgan fingerprint density at radius 3 is 2.84 bits per heavy atom. The molecule has 19 heavy (non-hydrogen) atoms. The third-order valence-electron chi connectivity index (χ3n) is 4.05. The summed E-state index contributed by atoms with van der Waals surface area (Å²) in [5.74, 6) is 1.77. The minimum atomic E-state index is 0.441. The third-order valence-corrected chi connectivity index (χ3v) is 5.64. The van der Waals surface area contributed by atoms with Crippen molar-refractivity contribution >= 4 is 34.4 Å². The molecule has 4 heteroatoms. The molecule has 1 aromatic carbocycles. The maximum Gasteiger partial charge on any atom is 0.111 e. The number of thioether (sulfide) groups is 1. The van der Waals surface area contributed by atoms with Crippen LogP contribution in [0.15, 0.2) is 18.2 Å². The highest BCUT2D eigenvalue weighted by atomic mass is 35.5. The largest absolute Gasteiger partial charge is 0.326 e. The van der Waals surface area contributed by atoms with Crippen LogP contribution in [0.5, 0.6) is 0 Å². The number of benzene rings is 1. The monoisotopic (exact) mass is 294 g/mol. The molecule has 1 aliphatic rings. The Morgan fingerprint density at radius 1 is 1.42 bits per heavy atom. The lowest BCUT2D eigenvalue weighted by Crippen LogP contribution is -2.16. The molecule has 3 rings (SSSR count). The van der Waals surface area contributed by atoms with Gasteiger partial charge in [-0.25, -0.2) is 4.98 Å². The van der Waals surface area contributed by atoms with Gasteiger partial charge < -0.3 is 4.57 Å². The molecule has 0 unspecified atom stereocenters. The van der Waals surface area contributed by atoms with Crippen LogP contribution in [0, 0.1) is 6.92 Å². The van der Waals surface area contributed by atoms with Crippen LogP contribution >= 0.6 is 23.4 Å². The van der Waals surface area contributed by atoms with E-state index in [1.54, 1.807) is 0 Å². The van der Waals surface area contributed by atoms with Gasteiger partial charge in [0.2, 0.25) is 0 Å². The fourth-order valence-electron chi connectivity index (χ4n) is 2.71. The highest BCUT2D eigenvalue weighted by Gasteiger charge is 2.42. The number of imidazole rings is 1. The van der Waals surface area contributed by atoms with E-state index in [-0.39, 0.29) is 0 Å². The quantitative estimate of drug-likeness (QED) is 0.775. The van der Waals surface area contributed by atoms with E-state index in [1.807, 2.05) is 11.8 Å². The fraction of sp³-hybridized carbons (Fsp3) is 0.533. The number of fused-ring (bicyclic) bond motifs is 1. The molecular weight excluding hydrogens is 276 g/mol. The predicted octanol–water partition coefficient (Wildman–Crippen LogP) is 4.02. The molecule has 0 amide bonds. The zero-order valence-electron chi connectivity index (χ0n) is 11.4. The second kappa shape index (κ2) is 5.02. The highest BCUT2D eigenvalue weighted by Crippen LogP contribution is 2.49. The summed E-state index contributed by atoms with van der Waals surface area (Å²) >= 11 is 7.93. The Morgan fingerprint density at radius 2 is 2.21 bits per heavy atom. The summed E-state index contributed by atoms with van der Waals surface area (Å²) in [6.45, 7) is 3.24. The lowest BCUT2D eigenvalue weighted by atomic mass is 10.2. The Balaban J connectivity index is 2.10. The van der Waals surface area contributed by atoms with Gasteiger partial charge in [-0.3, -0.25) is 0 Å². The average molecular weight is 295 g/mol. The van der Waals surface area contributed by atoms with Gasteiger partial charge in [0.05, 0.1) is 11.0 Å². The van der Waals surface area contributed by atoms with Gasteiger partial charge in [0.25, 0.3) is 0 Å². The first-order chi connectivity index (χ1) is 9.19. The molecule has 0 saturated heterocycles. The van der Waals surface area contributed by atoms with Gasteiger partial charge in [0.15, 0.2) is 0 Å². The first-order valence-electron chi connectivity index (χ1n) is 6.75. The molecule has 1 aromatic heterocycles. The summed E-state index contributed by atoms with van der Waals surface area (Å²) < 4.78 is 2.85. The van der Waals surface area contributed by atoms with Crippen molar-refractivity contribution in [3.63, 3.8) is 0 Å². The molecule has 0 atom stereocenters. The normalized spacial score (nSPS) is 17.0. The van der Waals surface area contributed by atoms with Gasteiger partial charge in [-0.05, 0) is 37.7 Å². The molecule has 2 aromatic rings. The first-order valence-corrected chi connectivity index (χ1v) is 8.51. The zero-order valence-corrected chi connectivity index (χ0v) is 13.0. The maximum absolute atomic E-state index is 5.94. The lowest BCUT2D eigenvalue weighted by molar-refractivity contribution is 0.644. The van der Waals surface area contributed by atoms with Crippen molar-refractivity contribution in [3.8, 4) is 0 Å². The van der Waals surface area contributed by atoms with Crippen molar-refractivity contribution in [1.82, 2.24) is 9.55 Å². The van der Waals surface area contributed by atoms with E-state index in [0.717, 1.165) is 24.3 Å². The minimum absolute atomic E-state index is 0.441. The molecule has 1 fully saturated rings. The molecule has 1 heterocycles. The average Bonchev–Trinajstić information content (AvgIpc) is 3.09. The number of aromatic nitrogens is 2. The van der Waals surface area contributed by atoms with E-state index < -0.39 is 0 Å². The molecule has 0 bridgehead atoms. The summed E-state index contributed by atoms with van der Waals surface area (Å²) in [7, 11) is 0. The topological polar surface area (TPSA) is 17.8 Å². The minimum Gasteiger partial charge on any atom is -0.326 e. The molecule has 0 aliphatic heterocycles. The van der Waals surface area contributed by atoms with Gasteiger partial charge in [0, 0.05) is 23.6 Å². The van der Waals surface area contributed by atoms with Crippen molar-refractivity contribution in [2.75, 3.05) is 12.1 Å². The number of hydrogen-bond acceptors (Lipinski definition) is 2. The van der Waals surface area contributed by atoms with E-state index in [1.165, 1.54) is 23.9 Å². The van der Waals surface area contributed by atoms with Gasteiger partial charge in [-0.15, -0.1) is 11.6 Å². The van der Waals surface area contributed by atoms with Gasteiger partial charge >= 0.3 is 0 Å². The predicted molar refractivity (Wildman–Crippen MR) is 84.4 cm³/mol. The van der Waals surface area contributed by atoms with Crippen molar-refractivity contribution < 1.29 is 0 Å². The summed E-state index contributed by atoms with van der Waals surface area (Å²) in [5.41, 5.74) is 3.71. The SMILES string of the molecule is CSC1(Cn2c(CCCl)nc3cccc(C)c32)CC1. The Kier molecular flexibility index (Phi) is 3.52. The summed E-state index contributed by atoms with van der Waals surface area (Å²) in [5, 5.41) is 0. The van der Waals surface area contributed by atoms with Crippen molar-refractivity contribution in [1.29, 1.82) is 0 Å². The van der Waals surface area contributed by atoms with Crippen LogP contribution in [0.3, 0.4) is 0 Å². The van der Waals surface area contributed by atoms with E-state index >= 15 is 0 Å². The summed E-state index contributed by atoms with van der Waals surface area (Å²) in [6, 6.07) is 6.36. The van der Waals surface area contributed by atoms with Crippen molar-refractivity contribution in [2.45, 2.75) is 37.5 Å². The summed E-state index contributed by atoms with van der Waals surface area (Å²) in [6.07, 6.45) is 5.71. The van der Waals surface area contributed by atoms with Crippen LogP contribution in [0.1, 0.15) is 24.2 Å². The number of alkyl halides is 1. The second-order valence-electron chi connectivity index (χ2n) is 5.38. The van der Waals surface area contributed by atoms with Crippen LogP contribution in [0.25, 0.3) is 11.0 Å². The van der Waals surface area contributed by atoms with Crippen LogP contribution in [-0.2, 0) is 13.0 Å². The van der Waals surface area contributed by atoms with Crippen molar-refractivity contribution in [2.24, 2.45) is 0 Å². The Labute approximate surface area is 123 Å². The summed E-state index contributed by atoms with van der Waals surface area (Å²) in [4.78, 5) is 4.78. The first kappa shape index (κ1) is 13.3. The Bertz CT molecular complexity index is 601. The number of aryl methyl sites for hydroxylation is 2. The van der Waals surface area contributed by atoms with E-state index in [9.17, 15) is 0 Å². The highest BCUT2D eigenvalue weighted by molar-refractivity contribution is 8.00. The molecule has 0 spiro atoms. The number of nitrogens with zero attached hydrogens (tertiary/aromatic N) is 2. The molecule has 1 aliphatic carbocycles. The van der Waals surface area contributed by atoms with E-state index in [0.29, 0.717) is 10.6 Å². The number of rotatable bonds is 5. The van der Waals surface area contributed by atoms with Gasteiger partial charge in [-0.2, -0.15) is 11.8 Å². The fourth-order valence-corrected chi connectivity index (χ4v) is 3.65. The molecule has 1 saturated carbocycles. The van der Waals surface area contributed by atoms with Gasteiger partial charge in [-0.1, -0.05) is 12.1 Å². The second-order valence-corrected chi connectivity index (χ2v) is 7.04. The molecule has 0 radical (unpaired) electrons. The third kappa shape index (κ3) is 2.38. The number of halogens is 1. The maximum atomic E-state index is 5.94. The van der Waals surface area contributed by atoms with Crippen LogP contribution in [-0.4, -0.2) is 26.4 Å².